The van der Waals surface area contributed by atoms with Crippen LogP contribution in [0.3, 0.4) is 0 Å². The SMILES string of the molecule is NC(CO)c1cncn1-c1cc(Br)c(F)cc1F. The van der Waals surface area contributed by atoms with Crippen molar-refractivity contribution in [3.8, 4) is 5.69 Å². The van der Waals surface area contributed by atoms with Gasteiger partial charge in [-0.1, -0.05) is 0 Å². The van der Waals surface area contributed by atoms with Crippen molar-refractivity contribution in [2.75, 3.05) is 6.61 Å². The predicted molar refractivity (Wildman–Crippen MR) is 65.2 cm³/mol. The van der Waals surface area contributed by atoms with Crippen molar-refractivity contribution in [2.24, 2.45) is 5.73 Å². The molecule has 0 fully saturated rings. The van der Waals surface area contributed by atoms with Crippen molar-refractivity contribution in [3.63, 3.8) is 0 Å². The molecule has 7 heteroatoms. The molecular weight excluding hydrogens is 308 g/mol. The summed E-state index contributed by atoms with van der Waals surface area (Å²) in [5.74, 6) is -1.43. The Balaban J connectivity index is 2.56. The Morgan fingerprint density at radius 1 is 1.39 bits per heavy atom. The van der Waals surface area contributed by atoms with Gasteiger partial charge < -0.3 is 10.8 Å². The Kier molecular flexibility index (Phi) is 3.74. The van der Waals surface area contributed by atoms with Crippen LogP contribution in [0.25, 0.3) is 5.69 Å². The number of aliphatic hydroxyl groups is 1. The van der Waals surface area contributed by atoms with Gasteiger partial charge in [0.25, 0.3) is 0 Å². The minimum atomic E-state index is -0.736. The number of hydrogen-bond donors (Lipinski definition) is 2. The van der Waals surface area contributed by atoms with E-state index in [0.717, 1.165) is 6.07 Å². The van der Waals surface area contributed by atoms with E-state index in [-0.39, 0.29) is 16.8 Å². The van der Waals surface area contributed by atoms with Gasteiger partial charge in [0.15, 0.2) is 0 Å². The Morgan fingerprint density at radius 3 is 2.78 bits per heavy atom. The Bertz CT molecular complexity index is 573. The molecule has 1 heterocycles. The van der Waals surface area contributed by atoms with Crippen molar-refractivity contribution in [1.29, 1.82) is 0 Å². The molecule has 0 aliphatic carbocycles. The maximum atomic E-state index is 13.7. The summed E-state index contributed by atoms with van der Waals surface area (Å²) >= 11 is 2.99. The molecule has 0 saturated heterocycles. The first-order valence-electron chi connectivity index (χ1n) is 5.08. The maximum absolute atomic E-state index is 13.7. The van der Waals surface area contributed by atoms with Crippen molar-refractivity contribution in [1.82, 2.24) is 9.55 Å². The molecule has 0 aliphatic rings. The lowest BCUT2D eigenvalue weighted by Crippen LogP contribution is -2.18. The van der Waals surface area contributed by atoms with Crippen LogP contribution in [-0.2, 0) is 0 Å². The summed E-state index contributed by atoms with van der Waals surface area (Å²) in [6.07, 6.45) is 2.78. The lowest BCUT2D eigenvalue weighted by Gasteiger charge is -2.13. The van der Waals surface area contributed by atoms with Gasteiger partial charge in [-0.25, -0.2) is 13.8 Å². The number of rotatable bonds is 3. The number of benzene rings is 1. The van der Waals surface area contributed by atoms with Gasteiger partial charge in [-0.2, -0.15) is 0 Å². The third-order valence-corrected chi connectivity index (χ3v) is 3.10. The van der Waals surface area contributed by atoms with E-state index in [1.807, 2.05) is 0 Å². The average molecular weight is 318 g/mol. The highest BCUT2D eigenvalue weighted by molar-refractivity contribution is 9.10. The highest BCUT2D eigenvalue weighted by Gasteiger charge is 2.16. The highest BCUT2D eigenvalue weighted by atomic mass is 79.9. The Hall–Kier alpha value is -1.31. The van der Waals surface area contributed by atoms with Crippen LogP contribution < -0.4 is 5.73 Å². The van der Waals surface area contributed by atoms with E-state index in [4.69, 9.17) is 10.8 Å². The van der Waals surface area contributed by atoms with E-state index in [2.05, 4.69) is 20.9 Å². The molecule has 2 aromatic rings. The molecule has 0 saturated carbocycles. The van der Waals surface area contributed by atoms with Gasteiger partial charge >= 0.3 is 0 Å². The van der Waals surface area contributed by atoms with Gasteiger partial charge in [0, 0.05) is 6.07 Å². The monoisotopic (exact) mass is 317 g/mol. The van der Waals surface area contributed by atoms with Crippen LogP contribution in [0.5, 0.6) is 0 Å². The number of nitrogens with zero attached hydrogens (tertiary/aromatic N) is 2. The third kappa shape index (κ3) is 2.29. The molecule has 1 unspecified atom stereocenters. The molecular formula is C11H10BrF2N3O. The highest BCUT2D eigenvalue weighted by Crippen LogP contribution is 2.25. The second-order valence-electron chi connectivity index (χ2n) is 3.70. The fourth-order valence-electron chi connectivity index (χ4n) is 1.57. The number of halogens is 3. The molecule has 18 heavy (non-hydrogen) atoms. The zero-order valence-corrected chi connectivity index (χ0v) is 10.7. The number of aromatic nitrogens is 2. The topological polar surface area (TPSA) is 64.1 Å². The molecule has 4 nitrogen and oxygen atoms in total. The zero-order chi connectivity index (χ0) is 13.3. The zero-order valence-electron chi connectivity index (χ0n) is 9.15. The summed E-state index contributed by atoms with van der Waals surface area (Å²) in [5, 5.41) is 9.02. The van der Waals surface area contributed by atoms with Gasteiger partial charge in [-0.3, -0.25) is 4.57 Å². The second kappa shape index (κ2) is 5.13. The standard InChI is InChI=1S/C11H10BrF2N3O/c12-6-1-10(8(14)2-7(6)13)17-5-16-3-11(17)9(15)4-18/h1-3,5,9,18H,4,15H2. The van der Waals surface area contributed by atoms with E-state index in [9.17, 15) is 8.78 Å². The van der Waals surface area contributed by atoms with Gasteiger partial charge in [0.05, 0.1) is 41.0 Å². The van der Waals surface area contributed by atoms with Crippen LogP contribution in [0.1, 0.15) is 11.7 Å². The lowest BCUT2D eigenvalue weighted by molar-refractivity contribution is 0.265. The first kappa shape index (κ1) is 13.1. The third-order valence-electron chi connectivity index (χ3n) is 2.49. The van der Waals surface area contributed by atoms with Gasteiger partial charge in [-0.15, -0.1) is 0 Å². The molecule has 0 amide bonds. The van der Waals surface area contributed by atoms with E-state index in [1.54, 1.807) is 0 Å². The molecule has 96 valence electrons. The number of hydrogen-bond acceptors (Lipinski definition) is 3. The normalized spacial score (nSPS) is 12.7. The van der Waals surface area contributed by atoms with Crippen LogP contribution in [0.2, 0.25) is 0 Å². The van der Waals surface area contributed by atoms with Crippen LogP contribution in [0.4, 0.5) is 8.78 Å². The molecule has 0 spiro atoms. The van der Waals surface area contributed by atoms with E-state index >= 15 is 0 Å². The lowest BCUT2D eigenvalue weighted by atomic mass is 10.2. The first-order valence-corrected chi connectivity index (χ1v) is 5.87. The van der Waals surface area contributed by atoms with Crippen molar-refractivity contribution < 1.29 is 13.9 Å². The summed E-state index contributed by atoms with van der Waals surface area (Å²) in [4.78, 5) is 3.86. The van der Waals surface area contributed by atoms with Crippen LogP contribution in [-0.4, -0.2) is 21.3 Å². The predicted octanol–water partition coefficient (Wildman–Crippen LogP) is 1.91. The number of aliphatic hydroxyl groups excluding tert-OH is 1. The van der Waals surface area contributed by atoms with Crippen LogP contribution in [0, 0.1) is 11.6 Å². The van der Waals surface area contributed by atoms with Gasteiger partial charge in [-0.05, 0) is 22.0 Å². The molecule has 1 atom stereocenters. The quantitative estimate of drug-likeness (QED) is 0.850. The number of imidazole rings is 1. The first-order chi connectivity index (χ1) is 8.54. The summed E-state index contributed by atoms with van der Waals surface area (Å²) in [6.45, 7) is -0.296. The van der Waals surface area contributed by atoms with Crippen LogP contribution in [0.15, 0.2) is 29.1 Å². The summed E-state index contributed by atoms with van der Waals surface area (Å²) < 4.78 is 28.4. The minimum absolute atomic E-state index is 0.111. The number of nitrogens with two attached hydrogens (primary N) is 1. The van der Waals surface area contributed by atoms with Crippen molar-refractivity contribution in [3.05, 3.63) is 46.5 Å². The molecule has 3 N–H and O–H groups in total. The smallest absolute Gasteiger partial charge is 0.150 e. The fourth-order valence-corrected chi connectivity index (χ4v) is 1.90. The van der Waals surface area contributed by atoms with Crippen LogP contribution >= 0.6 is 15.9 Å². The Labute approximate surface area is 110 Å². The van der Waals surface area contributed by atoms with Gasteiger partial charge in [0.1, 0.15) is 11.6 Å². The van der Waals surface area contributed by atoms with Crippen molar-refractivity contribution >= 4 is 15.9 Å². The largest absolute Gasteiger partial charge is 0.394 e. The Morgan fingerprint density at radius 2 is 2.11 bits per heavy atom. The van der Waals surface area contributed by atoms with Crippen molar-refractivity contribution in [2.45, 2.75) is 6.04 Å². The fraction of sp³-hybridized carbons (Fsp3) is 0.182. The molecule has 0 bridgehead atoms. The van der Waals surface area contributed by atoms with E-state index < -0.39 is 17.7 Å². The maximum Gasteiger partial charge on any atom is 0.150 e. The molecule has 2 rings (SSSR count). The molecule has 0 aliphatic heterocycles. The molecule has 1 aromatic carbocycles. The summed E-state index contributed by atoms with van der Waals surface area (Å²) in [5.41, 5.74) is 6.23. The van der Waals surface area contributed by atoms with E-state index in [0.29, 0.717) is 5.69 Å². The summed E-state index contributed by atoms with van der Waals surface area (Å²) in [6, 6.07) is 1.38. The van der Waals surface area contributed by atoms with Gasteiger partial charge in [0.2, 0.25) is 0 Å². The van der Waals surface area contributed by atoms with E-state index in [1.165, 1.54) is 23.2 Å². The molecule has 1 aromatic heterocycles. The average Bonchev–Trinajstić information content (AvgIpc) is 2.81. The minimum Gasteiger partial charge on any atom is -0.394 e. The molecule has 0 radical (unpaired) electrons. The second-order valence-corrected chi connectivity index (χ2v) is 4.55. The summed E-state index contributed by atoms with van der Waals surface area (Å²) in [7, 11) is 0.